The number of benzene rings is 2. The molecule has 0 aromatic heterocycles. The van der Waals surface area contributed by atoms with E-state index < -0.39 is 26.7 Å². The minimum absolute atomic E-state index is 0.0771. The number of Topliss-reactive ketones (excluding diaryl/α,β-unsaturated/α-hetero) is 2. The fourth-order valence-corrected chi connectivity index (χ4v) is 11.6. The first-order chi connectivity index (χ1) is 26.5. The van der Waals surface area contributed by atoms with Crippen molar-refractivity contribution >= 4 is 27.1 Å². The lowest BCUT2D eigenvalue weighted by molar-refractivity contribution is -0.177. The van der Waals surface area contributed by atoms with Gasteiger partial charge in [-0.3, -0.25) is 14.4 Å². The summed E-state index contributed by atoms with van der Waals surface area (Å²) in [6.45, 7) is 16.7. The summed E-state index contributed by atoms with van der Waals surface area (Å²) >= 11 is 0. The second kappa shape index (κ2) is 17.4. The van der Waals surface area contributed by atoms with Crippen molar-refractivity contribution in [3.63, 3.8) is 0 Å². The Kier molecular flexibility index (Phi) is 13.8. The molecule has 0 unspecified atom stereocenters. The van der Waals surface area contributed by atoms with Gasteiger partial charge in [-0.2, -0.15) is 5.06 Å². The number of ether oxygens (including phenoxy) is 1. The van der Waals surface area contributed by atoms with Gasteiger partial charge in [0.25, 0.3) is 0 Å². The normalized spacial score (nSPS) is 27.2. The number of hydrogen-bond acceptors (Lipinski definition) is 10. The van der Waals surface area contributed by atoms with Gasteiger partial charge in [0.1, 0.15) is 11.8 Å². The van der Waals surface area contributed by atoms with Gasteiger partial charge in [0.15, 0.2) is 21.4 Å². The number of para-hydroxylation sites is 1. The summed E-state index contributed by atoms with van der Waals surface area (Å²) in [6.07, 6.45) is 2.53. The van der Waals surface area contributed by atoms with Crippen molar-refractivity contribution in [2.45, 2.75) is 117 Å². The summed E-state index contributed by atoms with van der Waals surface area (Å²) in [6, 6.07) is 11.1. The van der Waals surface area contributed by atoms with Crippen molar-refractivity contribution in [2.75, 3.05) is 52.5 Å². The van der Waals surface area contributed by atoms with E-state index in [-0.39, 0.29) is 48.2 Å². The number of methoxy groups -OCH3 is 1. The molecule has 9 atom stereocenters. The zero-order chi connectivity index (χ0) is 42.4. The van der Waals surface area contributed by atoms with Crippen LogP contribution >= 0.6 is 0 Å². The highest BCUT2D eigenvalue weighted by Gasteiger charge is 2.57. The van der Waals surface area contributed by atoms with E-state index in [2.05, 4.69) is 20.8 Å². The van der Waals surface area contributed by atoms with Gasteiger partial charge >= 0.3 is 0 Å². The largest absolute Gasteiger partial charge is 0.496 e. The summed E-state index contributed by atoms with van der Waals surface area (Å²) < 4.78 is 31.7. The van der Waals surface area contributed by atoms with E-state index in [4.69, 9.17) is 9.57 Å². The highest BCUT2D eigenvalue weighted by Crippen LogP contribution is 2.63. The molecule has 318 valence electrons. The smallest absolute Gasteiger partial charge is 0.163 e. The first-order valence-corrected chi connectivity index (χ1v) is 22.7. The average Bonchev–Trinajstić information content (AvgIpc) is 3.49. The van der Waals surface area contributed by atoms with Gasteiger partial charge in [0, 0.05) is 61.8 Å². The molecule has 2 bridgehead atoms. The molecule has 0 amide bonds. The van der Waals surface area contributed by atoms with Crippen LogP contribution in [0.2, 0.25) is 0 Å². The van der Waals surface area contributed by atoms with Crippen molar-refractivity contribution in [1.82, 2.24) is 9.96 Å². The molecule has 10 nitrogen and oxygen atoms in total. The second-order valence-corrected chi connectivity index (χ2v) is 22.4. The molecule has 2 aromatic rings. The number of fused-ring (bicyclic) bond motifs is 2. The fraction of sp³-hybridized carbons (Fsp3) is 0.696. The van der Waals surface area contributed by atoms with E-state index in [1.54, 1.807) is 39.9 Å². The molecular weight excluding hydrogens is 739 g/mol. The quantitative estimate of drug-likeness (QED) is 0.161. The third-order valence-corrected chi connectivity index (χ3v) is 16.6. The standard InChI is InChI=1S/C46H71N3O7S/c1-14-41-42(29(3)50)43(40(52)23-32-20-35-24-38(28(32)2)46(35,7)8)49(56-41)26-31-16-15-17-37(44(31)55-13)33-19-34(22-36(21-33)48(11)12)39(51)18-30(25-47(9)10)27-57(53,54)45(4,5)6/h15-17,19,21-22,28-30,32,35,38,41-43,50H,14,18,20,23-27H2,1-13H3/t28-,29+,30+,32-,35+,38+,41+,42-,43-/m1/s1. The highest BCUT2D eigenvalue weighted by molar-refractivity contribution is 7.92. The summed E-state index contributed by atoms with van der Waals surface area (Å²) in [5.74, 6) is 1.89. The molecule has 1 heterocycles. The first kappa shape index (κ1) is 45.3. The van der Waals surface area contributed by atoms with E-state index in [1.165, 1.54) is 6.42 Å². The zero-order valence-corrected chi connectivity index (χ0v) is 37.8. The Labute approximate surface area is 343 Å². The van der Waals surface area contributed by atoms with Crippen LogP contribution in [0, 0.1) is 40.9 Å². The Balaban J connectivity index is 1.46. The second-order valence-electron chi connectivity index (χ2n) is 19.6. The molecule has 1 aliphatic heterocycles. The Bertz CT molecular complexity index is 1870. The molecule has 0 radical (unpaired) electrons. The molecule has 6 rings (SSSR count). The fourth-order valence-electron chi connectivity index (χ4n) is 10.2. The predicted octanol–water partition coefficient (Wildman–Crippen LogP) is 7.56. The number of sulfone groups is 1. The van der Waals surface area contributed by atoms with Crippen molar-refractivity contribution in [2.24, 2.45) is 40.9 Å². The minimum atomic E-state index is -3.46. The highest BCUT2D eigenvalue weighted by atomic mass is 32.2. The Hall–Kier alpha value is -2.83. The lowest BCUT2D eigenvalue weighted by Gasteiger charge is -2.62. The monoisotopic (exact) mass is 810 g/mol. The number of carbonyl (C=O) groups is 2. The summed E-state index contributed by atoms with van der Waals surface area (Å²) in [5.41, 5.74) is 4.05. The summed E-state index contributed by atoms with van der Waals surface area (Å²) in [7, 11) is 5.81. The van der Waals surface area contributed by atoms with Gasteiger partial charge in [-0.1, -0.05) is 45.9 Å². The predicted molar refractivity (Wildman–Crippen MR) is 229 cm³/mol. The van der Waals surface area contributed by atoms with Crippen molar-refractivity contribution in [3.8, 4) is 16.9 Å². The van der Waals surface area contributed by atoms with E-state index in [0.29, 0.717) is 59.8 Å². The summed E-state index contributed by atoms with van der Waals surface area (Å²) in [5, 5.41) is 12.9. The van der Waals surface area contributed by atoms with Crippen LogP contribution in [-0.4, -0.2) is 106 Å². The van der Waals surface area contributed by atoms with E-state index in [0.717, 1.165) is 28.8 Å². The first-order valence-electron chi connectivity index (χ1n) is 21.0. The number of anilines is 1. The van der Waals surface area contributed by atoms with Gasteiger partial charge in [-0.25, -0.2) is 8.42 Å². The van der Waals surface area contributed by atoms with Crippen LogP contribution in [0.5, 0.6) is 5.75 Å². The van der Waals surface area contributed by atoms with Crippen LogP contribution in [0.1, 0.15) is 103 Å². The number of aliphatic hydroxyl groups is 1. The van der Waals surface area contributed by atoms with Crippen LogP contribution in [0.25, 0.3) is 11.1 Å². The van der Waals surface area contributed by atoms with Gasteiger partial charge in [0.2, 0.25) is 0 Å². The van der Waals surface area contributed by atoms with Crippen molar-refractivity contribution in [1.29, 1.82) is 0 Å². The topological polar surface area (TPSA) is 117 Å². The van der Waals surface area contributed by atoms with E-state index in [1.807, 2.05) is 81.3 Å². The maximum absolute atomic E-state index is 14.5. The molecule has 57 heavy (non-hydrogen) atoms. The zero-order valence-electron chi connectivity index (χ0n) is 37.0. The summed E-state index contributed by atoms with van der Waals surface area (Å²) in [4.78, 5) is 39.0. The number of carbonyl (C=O) groups excluding carboxylic acids is 2. The Morgan fingerprint density at radius 1 is 1.09 bits per heavy atom. The number of hydroxylamine groups is 2. The average molecular weight is 810 g/mol. The van der Waals surface area contributed by atoms with Crippen molar-refractivity contribution < 1.29 is 32.7 Å². The maximum Gasteiger partial charge on any atom is 0.163 e. The molecule has 4 aliphatic rings. The molecule has 0 spiro atoms. The van der Waals surface area contributed by atoms with Gasteiger partial charge in [-0.05, 0) is 120 Å². The minimum Gasteiger partial charge on any atom is -0.496 e. The number of ketones is 2. The maximum atomic E-state index is 14.5. The van der Waals surface area contributed by atoms with Gasteiger partial charge < -0.3 is 19.6 Å². The lowest BCUT2D eigenvalue weighted by Crippen LogP contribution is -2.55. The van der Waals surface area contributed by atoms with Crippen LogP contribution in [0.3, 0.4) is 0 Å². The molecule has 1 saturated heterocycles. The van der Waals surface area contributed by atoms with Crippen LogP contribution in [0.4, 0.5) is 5.69 Å². The number of rotatable bonds is 17. The van der Waals surface area contributed by atoms with Crippen LogP contribution in [0.15, 0.2) is 36.4 Å². The number of nitrogens with zero attached hydrogens (tertiary/aromatic N) is 3. The Morgan fingerprint density at radius 3 is 2.32 bits per heavy atom. The van der Waals surface area contributed by atoms with Crippen molar-refractivity contribution in [3.05, 3.63) is 47.5 Å². The van der Waals surface area contributed by atoms with E-state index in [9.17, 15) is 23.1 Å². The third-order valence-electron chi connectivity index (χ3n) is 13.8. The van der Waals surface area contributed by atoms with Gasteiger partial charge in [-0.15, -0.1) is 0 Å². The molecule has 11 heteroatoms. The van der Waals surface area contributed by atoms with Crippen LogP contribution in [-0.2, 0) is 26.0 Å². The third kappa shape index (κ3) is 9.48. The molecule has 3 saturated carbocycles. The van der Waals surface area contributed by atoms with E-state index >= 15 is 0 Å². The molecule has 1 N–H and O–H groups in total. The lowest BCUT2D eigenvalue weighted by atomic mass is 9.43. The Morgan fingerprint density at radius 2 is 1.77 bits per heavy atom. The molecule has 3 aliphatic carbocycles. The molecular formula is C46H71N3O7S. The SMILES string of the molecule is CC[C@@H]1ON(Cc2cccc(-c3cc(C(=O)C[C@@H](CN(C)C)CS(=O)(=O)C(C)(C)C)cc(N(C)C)c3)c2OC)[C@H](C(=O)C[C@H]2C[C@H]3C[C@@H]([C@@H]2C)C3(C)C)[C@@H]1[C@H](C)O. The van der Waals surface area contributed by atoms with Gasteiger partial charge in [0.05, 0.1) is 36.4 Å². The number of hydrogen-bond donors (Lipinski definition) is 1. The number of aliphatic hydroxyl groups excluding tert-OH is 1. The molecule has 4 fully saturated rings. The molecule has 2 aromatic carbocycles. The van der Waals surface area contributed by atoms with Crippen LogP contribution < -0.4 is 9.64 Å².